The zero-order valence-corrected chi connectivity index (χ0v) is 11.1. The molecule has 0 fully saturated rings. The van der Waals surface area contributed by atoms with E-state index in [9.17, 15) is 0 Å². The van der Waals surface area contributed by atoms with Gasteiger partial charge in [0.2, 0.25) is 0 Å². The third-order valence-corrected chi connectivity index (χ3v) is 1.91. The summed E-state index contributed by atoms with van der Waals surface area (Å²) in [5, 5.41) is 2.02. The van der Waals surface area contributed by atoms with E-state index in [0.29, 0.717) is 0 Å². The van der Waals surface area contributed by atoms with Gasteiger partial charge in [-0.05, 0) is 37.5 Å². The molecule has 0 aromatic heterocycles. The molecule has 2 heteroatoms. The van der Waals surface area contributed by atoms with E-state index in [1.807, 2.05) is 32.3 Å². The SMILES string of the molecule is C=C(CC(C)(C)N)S/C=C\C.CCC. The number of rotatable bonds is 4. The Labute approximate surface area is 93.8 Å². The van der Waals surface area contributed by atoms with Crippen LogP contribution in [0, 0.1) is 0 Å². The Morgan fingerprint density at radius 1 is 1.43 bits per heavy atom. The first-order chi connectivity index (χ1) is 6.37. The number of allylic oxidation sites excluding steroid dienone is 1. The van der Waals surface area contributed by atoms with Crippen molar-refractivity contribution in [1.82, 2.24) is 0 Å². The van der Waals surface area contributed by atoms with E-state index in [-0.39, 0.29) is 5.54 Å². The average molecular weight is 215 g/mol. The molecule has 0 bridgehead atoms. The fraction of sp³-hybridized carbons (Fsp3) is 0.667. The summed E-state index contributed by atoms with van der Waals surface area (Å²) in [6.45, 7) is 14.2. The molecule has 0 aliphatic carbocycles. The third-order valence-electron chi connectivity index (χ3n) is 1.02. The van der Waals surface area contributed by atoms with E-state index in [1.54, 1.807) is 11.8 Å². The Balaban J connectivity index is 0. The van der Waals surface area contributed by atoms with E-state index in [2.05, 4.69) is 20.4 Å². The van der Waals surface area contributed by atoms with Gasteiger partial charge in [0.1, 0.15) is 0 Å². The molecule has 14 heavy (non-hydrogen) atoms. The van der Waals surface area contributed by atoms with Gasteiger partial charge in [-0.2, -0.15) is 0 Å². The summed E-state index contributed by atoms with van der Waals surface area (Å²) < 4.78 is 0. The number of hydrogen-bond acceptors (Lipinski definition) is 2. The summed E-state index contributed by atoms with van der Waals surface area (Å²) in [7, 11) is 0. The van der Waals surface area contributed by atoms with Crippen LogP contribution in [0.3, 0.4) is 0 Å². The summed E-state index contributed by atoms with van der Waals surface area (Å²) in [4.78, 5) is 1.12. The lowest BCUT2D eigenvalue weighted by atomic mass is 10.0. The standard InChI is InChI=1S/C9H17NS.C3H8/c1-5-6-11-8(2)7-9(3,4)10;1-3-2/h5-6H,2,7,10H2,1,3-4H3;3H2,1-2H3/b6-5-;. The number of thioether (sulfide) groups is 1. The van der Waals surface area contributed by atoms with Crippen LogP contribution in [0.1, 0.15) is 47.5 Å². The van der Waals surface area contributed by atoms with Crippen molar-refractivity contribution in [1.29, 1.82) is 0 Å². The maximum Gasteiger partial charge on any atom is 0.0142 e. The van der Waals surface area contributed by atoms with Crippen molar-refractivity contribution in [3.63, 3.8) is 0 Å². The molecule has 0 aromatic rings. The zero-order chi connectivity index (χ0) is 11.6. The predicted octanol–water partition coefficient (Wildman–Crippen LogP) is 4.31. The minimum atomic E-state index is -0.133. The molecule has 2 N–H and O–H groups in total. The molecule has 0 atom stereocenters. The van der Waals surface area contributed by atoms with E-state index >= 15 is 0 Å². The summed E-state index contributed by atoms with van der Waals surface area (Å²) in [5.41, 5.74) is 5.68. The molecule has 0 amide bonds. The van der Waals surface area contributed by atoms with Gasteiger partial charge in [-0.25, -0.2) is 0 Å². The highest BCUT2D eigenvalue weighted by Crippen LogP contribution is 2.23. The third kappa shape index (κ3) is 17.8. The second-order valence-corrected chi connectivity index (χ2v) is 5.08. The molecule has 0 rings (SSSR count). The van der Waals surface area contributed by atoms with Crippen LogP contribution in [0.25, 0.3) is 0 Å². The monoisotopic (exact) mass is 215 g/mol. The fourth-order valence-electron chi connectivity index (χ4n) is 0.714. The summed E-state index contributed by atoms with van der Waals surface area (Å²) in [6.07, 6.45) is 4.11. The molecular formula is C12H25NS. The second kappa shape index (κ2) is 9.35. The summed E-state index contributed by atoms with van der Waals surface area (Å²) >= 11 is 1.65. The Kier molecular flexibility index (Phi) is 10.8. The van der Waals surface area contributed by atoms with Crippen molar-refractivity contribution in [3.8, 4) is 0 Å². The van der Waals surface area contributed by atoms with Crippen LogP contribution >= 0.6 is 11.8 Å². The normalized spacial score (nSPS) is 11.0. The van der Waals surface area contributed by atoms with Gasteiger partial charge in [-0.1, -0.05) is 32.9 Å². The van der Waals surface area contributed by atoms with Gasteiger partial charge >= 0.3 is 0 Å². The predicted molar refractivity (Wildman–Crippen MR) is 70.4 cm³/mol. The van der Waals surface area contributed by atoms with Crippen molar-refractivity contribution >= 4 is 11.8 Å². The molecule has 0 saturated heterocycles. The van der Waals surface area contributed by atoms with E-state index in [1.165, 1.54) is 6.42 Å². The largest absolute Gasteiger partial charge is 0.325 e. The molecule has 0 aliphatic heterocycles. The zero-order valence-electron chi connectivity index (χ0n) is 10.3. The maximum absolute atomic E-state index is 5.81. The van der Waals surface area contributed by atoms with Gasteiger partial charge in [0.05, 0.1) is 0 Å². The topological polar surface area (TPSA) is 26.0 Å². The lowest BCUT2D eigenvalue weighted by Crippen LogP contribution is -2.31. The smallest absolute Gasteiger partial charge is 0.0142 e. The second-order valence-electron chi connectivity index (χ2n) is 4.00. The van der Waals surface area contributed by atoms with Crippen LogP contribution in [-0.2, 0) is 0 Å². The quantitative estimate of drug-likeness (QED) is 0.756. The molecule has 0 spiro atoms. The lowest BCUT2D eigenvalue weighted by molar-refractivity contribution is 0.525. The van der Waals surface area contributed by atoms with Crippen LogP contribution < -0.4 is 5.73 Å². The van der Waals surface area contributed by atoms with Crippen LogP contribution in [-0.4, -0.2) is 5.54 Å². The van der Waals surface area contributed by atoms with Crippen molar-refractivity contribution in [2.24, 2.45) is 5.73 Å². The van der Waals surface area contributed by atoms with E-state index in [4.69, 9.17) is 5.73 Å². The number of hydrogen-bond donors (Lipinski definition) is 1. The summed E-state index contributed by atoms with van der Waals surface area (Å²) in [6, 6.07) is 0. The van der Waals surface area contributed by atoms with Crippen molar-refractivity contribution in [2.75, 3.05) is 0 Å². The number of nitrogens with two attached hydrogens (primary N) is 1. The fourth-order valence-corrected chi connectivity index (χ4v) is 1.50. The van der Waals surface area contributed by atoms with Crippen LogP contribution in [0.2, 0.25) is 0 Å². The van der Waals surface area contributed by atoms with Crippen molar-refractivity contribution < 1.29 is 0 Å². The molecule has 1 nitrogen and oxygen atoms in total. The molecular weight excluding hydrogens is 190 g/mol. The molecule has 0 saturated carbocycles. The van der Waals surface area contributed by atoms with Crippen molar-refractivity contribution in [2.45, 2.75) is 53.0 Å². The van der Waals surface area contributed by atoms with Gasteiger partial charge in [0, 0.05) is 5.54 Å². The molecule has 0 aromatic carbocycles. The van der Waals surface area contributed by atoms with Gasteiger partial charge in [0.25, 0.3) is 0 Å². The van der Waals surface area contributed by atoms with Gasteiger partial charge in [-0.15, -0.1) is 11.8 Å². The minimum Gasteiger partial charge on any atom is -0.325 e. The Morgan fingerprint density at radius 3 is 2.14 bits per heavy atom. The highest BCUT2D eigenvalue weighted by Gasteiger charge is 2.11. The lowest BCUT2D eigenvalue weighted by Gasteiger charge is -2.18. The maximum atomic E-state index is 5.81. The van der Waals surface area contributed by atoms with Crippen LogP contribution in [0.4, 0.5) is 0 Å². The first-order valence-corrected chi connectivity index (χ1v) is 5.99. The summed E-state index contributed by atoms with van der Waals surface area (Å²) in [5.74, 6) is 0. The molecule has 0 radical (unpaired) electrons. The van der Waals surface area contributed by atoms with Crippen molar-refractivity contribution in [3.05, 3.63) is 23.0 Å². The van der Waals surface area contributed by atoms with Gasteiger partial charge in [-0.3, -0.25) is 0 Å². The van der Waals surface area contributed by atoms with Gasteiger partial charge in [0.15, 0.2) is 0 Å². The van der Waals surface area contributed by atoms with Gasteiger partial charge < -0.3 is 5.73 Å². The molecule has 0 heterocycles. The highest BCUT2D eigenvalue weighted by molar-refractivity contribution is 8.05. The Bertz CT molecular complexity index is 166. The van der Waals surface area contributed by atoms with Crippen LogP contribution in [0.15, 0.2) is 23.0 Å². The molecule has 0 aliphatic rings. The minimum absolute atomic E-state index is 0.133. The van der Waals surface area contributed by atoms with E-state index in [0.717, 1.165) is 11.3 Å². The molecule has 0 unspecified atom stereocenters. The average Bonchev–Trinajstić information content (AvgIpc) is 1.99. The first-order valence-electron chi connectivity index (χ1n) is 5.11. The highest BCUT2D eigenvalue weighted by atomic mass is 32.2. The van der Waals surface area contributed by atoms with Crippen LogP contribution in [0.5, 0.6) is 0 Å². The Morgan fingerprint density at radius 2 is 1.86 bits per heavy atom. The van der Waals surface area contributed by atoms with E-state index < -0.39 is 0 Å². The Hall–Kier alpha value is -0.210. The first kappa shape index (κ1) is 16.2. The molecule has 84 valence electrons.